The van der Waals surface area contributed by atoms with Crippen LogP contribution >= 0.6 is 11.6 Å². The standard InChI is InChI=1S/C28H17ClFNO3/c29-20-8-15-26-24(16-20)25(17-27(34-26)18-4-2-1-3-5-18)31-22-11-13-23(14-12-22)33-28(32)19-6-9-21(30)10-7-19/h1-17H. The van der Waals surface area contributed by atoms with Gasteiger partial charge in [-0.25, -0.2) is 14.2 Å². The van der Waals surface area contributed by atoms with Crippen LogP contribution in [0.15, 0.2) is 113 Å². The number of rotatable bonds is 4. The summed E-state index contributed by atoms with van der Waals surface area (Å²) in [6, 6.07) is 29.0. The van der Waals surface area contributed by atoms with E-state index < -0.39 is 11.8 Å². The van der Waals surface area contributed by atoms with E-state index in [1.54, 1.807) is 30.3 Å². The van der Waals surface area contributed by atoms with Crippen molar-refractivity contribution in [2.24, 2.45) is 4.99 Å². The summed E-state index contributed by atoms with van der Waals surface area (Å²) in [7, 11) is 0. The molecule has 5 rings (SSSR count). The molecule has 4 aromatic carbocycles. The Balaban J connectivity index is 1.49. The molecule has 6 heteroatoms. The molecule has 0 spiro atoms. The number of fused-ring (bicyclic) bond motifs is 1. The van der Waals surface area contributed by atoms with Gasteiger partial charge in [0.25, 0.3) is 0 Å². The average Bonchev–Trinajstić information content (AvgIpc) is 2.86. The van der Waals surface area contributed by atoms with Gasteiger partial charge in [0.2, 0.25) is 0 Å². The lowest BCUT2D eigenvalue weighted by atomic mass is 10.1. The minimum absolute atomic E-state index is 0.264. The molecule has 5 aromatic rings. The van der Waals surface area contributed by atoms with E-state index in [4.69, 9.17) is 25.7 Å². The zero-order chi connectivity index (χ0) is 23.5. The van der Waals surface area contributed by atoms with Crippen LogP contribution < -0.4 is 10.1 Å². The highest BCUT2D eigenvalue weighted by Gasteiger charge is 2.09. The molecular formula is C28H17ClFNO3. The Morgan fingerprint density at radius 3 is 2.32 bits per heavy atom. The van der Waals surface area contributed by atoms with Gasteiger partial charge in [-0.15, -0.1) is 0 Å². The van der Waals surface area contributed by atoms with Gasteiger partial charge in [-0.3, -0.25) is 0 Å². The zero-order valence-electron chi connectivity index (χ0n) is 17.7. The summed E-state index contributed by atoms with van der Waals surface area (Å²) in [5, 5.41) is 2.05. The maximum absolute atomic E-state index is 13.1. The van der Waals surface area contributed by atoms with Crippen molar-refractivity contribution in [3.05, 3.63) is 125 Å². The third kappa shape index (κ3) is 4.75. The van der Waals surface area contributed by atoms with Crippen molar-refractivity contribution in [1.82, 2.24) is 0 Å². The van der Waals surface area contributed by atoms with Gasteiger partial charge in [-0.2, -0.15) is 0 Å². The van der Waals surface area contributed by atoms with Crippen LogP contribution in [0.25, 0.3) is 22.3 Å². The fourth-order valence-electron chi connectivity index (χ4n) is 3.46. The van der Waals surface area contributed by atoms with Gasteiger partial charge >= 0.3 is 5.97 Å². The zero-order valence-corrected chi connectivity index (χ0v) is 18.5. The van der Waals surface area contributed by atoms with Crippen molar-refractivity contribution in [3.8, 4) is 17.1 Å². The molecule has 0 radical (unpaired) electrons. The van der Waals surface area contributed by atoms with Crippen molar-refractivity contribution in [1.29, 1.82) is 0 Å². The summed E-state index contributed by atoms with van der Waals surface area (Å²) in [5.41, 5.74) is 2.52. The Bertz CT molecular complexity index is 1540. The number of hydrogen-bond acceptors (Lipinski definition) is 4. The van der Waals surface area contributed by atoms with Crippen molar-refractivity contribution < 1.29 is 18.3 Å². The highest BCUT2D eigenvalue weighted by molar-refractivity contribution is 6.31. The van der Waals surface area contributed by atoms with E-state index >= 15 is 0 Å². The molecule has 34 heavy (non-hydrogen) atoms. The Morgan fingerprint density at radius 2 is 1.59 bits per heavy atom. The molecule has 0 aliphatic rings. The van der Waals surface area contributed by atoms with Gasteiger partial charge in [0.05, 0.1) is 16.6 Å². The predicted molar refractivity (Wildman–Crippen MR) is 130 cm³/mol. The summed E-state index contributed by atoms with van der Waals surface area (Å²) < 4.78 is 24.5. The van der Waals surface area contributed by atoms with Crippen molar-refractivity contribution >= 4 is 34.2 Å². The number of esters is 1. The quantitative estimate of drug-likeness (QED) is 0.204. The van der Waals surface area contributed by atoms with Crippen molar-refractivity contribution in [2.75, 3.05) is 0 Å². The lowest BCUT2D eigenvalue weighted by Crippen LogP contribution is -2.08. The normalized spacial score (nSPS) is 11.5. The van der Waals surface area contributed by atoms with Crippen LogP contribution in [0.1, 0.15) is 10.4 Å². The van der Waals surface area contributed by atoms with Gasteiger partial charge in [-0.1, -0.05) is 41.9 Å². The van der Waals surface area contributed by atoms with Gasteiger partial charge < -0.3 is 9.15 Å². The highest BCUT2D eigenvalue weighted by Crippen LogP contribution is 2.25. The minimum atomic E-state index is -0.567. The molecule has 0 saturated heterocycles. The second-order valence-corrected chi connectivity index (χ2v) is 7.94. The lowest BCUT2D eigenvalue weighted by molar-refractivity contribution is 0.0734. The topological polar surface area (TPSA) is 51.8 Å². The molecule has 166 valence electrons. The number of halogens is 2. The molecule has 0 N–H and O–H groups in total. The third-order valence-electron chi connectivity index (χ3n) is 5.14. The lowest BCUT2D eigenvalue weighted by Gasteiger charge is -2.06. The monoisotopic (exact) mass is 469 g/mol. The van der Waals surface area contributed by atoms with Crippen LogP contribution in [-0.4, -0.2) is 5.97 Å². The predicted octanol–water partition coefficient (Wildman–Crippen LogP) is 7.34. The molecule has 0 saturated carbocycles. The highest BCUT2D eigenvalue weighted by atomic mass is 35.5. The van der Waals surface area contributed by atoms with Crippen molar-refractivity contribution in [2.45, 2.75) is 0 Å². The molecule has 1 heterocycles. The molecule has 0 aliphatic heterocycles. The average molecular weight is 470 g/mol. The maximum Gasteiger partial charge on any atom is 0.343 e. The van der Waals surface area contributed by atoms with Crippen LogP contribution in [0.4, 0.5) is 10.1 Å². The first-order chi connectivity index (χ1) is 16.5. The summed E-state index contributed by atoms with van der Waals surface area (Å²) in [4.78, 5) is 17.0. The van der Waals surface area contributed by atoms with Crippen LogP contribution in [0, 0.1) is 5.82 Å². The fraction of sp³-hybridized carbons (Fsp3) is 0. The SMILES string of the molecule is O=C(Oc1ccc(N=c2cc(-c3ccccc3)oc3ccc(Cl)cc23)cc1)c1ccc(F)cc1. The first-order valence-electron chi connectivity index (χ1n) is 10.5. The summed E-state index contributed by atoms with van der Waals surface area (Å²) in [6.07, 6.45) is 0. The number of nitrogens with zero attached hydrogens (tertiary/aromatic N) is 1. The smallest absolute Gasteiger partial charge is 0.343 e. The Hall–Kier alpha value is -4.22. The molecule has 0 amide bonds. The van der Waals surface area contributed by atoms with E-state index in [-0.39, 0.29) is 5.56 Å². The first kappa shape index (κ1) is 21.6. The van der Waals surface area contributed by atoms with Crippen LogP contribution in [0.5, 0.6) is 5.75 Å². The van der Waals surface area contributed by atoms with E-state index in [1.807, 2.05) is 48.5 Å². The molecule has 0 unspecified atom stereocenters. The fourth-order valence-corrected chi connectivity index (χ4v) is 3.63. The van der Waals surface area contributed by atoms with Gasteiger partial charge in [0, 0.05) is 22.0 Å². The summed E-state index contributed by atoms with van der Waals surface area (Å²) >= 11 is 6.23. The molecule has 0 fully saturated rings. The van der Waals surface area contributed by atoms with Crippen LogP contribution in [-0.2, 0) is 0 Å². The number of carbonyl (C=O) groups is 1. The van der Waals surface area contributed by atoms with E-state index in [9.17, 15) is 9.18 Å². The number of benzene rings is 4. The Labute approximate surface area is 199 Å². The Kier molecular flexibility index (Phi) is 5.93. The van der Waals surface area contributed by atoms with Crippen LogP contribution in [0.2, 0.25) is 5.02 Å². The van der Waals surface area contributed by atoms with E-state index in [1.165, 1.54) is 24.3 Å². The second kappa shape index (κ2) is 9.33. The third-order valence-corrected chi connectivity index (χ3v) is 5.38. The van der Waals surface area contributed by atoms with Gasteiger partial charge in [-0.05, 0) is 66.7 Å². The number of hydrogen-bond donors (Lipinski definition) is 0. The van der Waals surface area contributed by atoms with Crippen molar-refractivity contribution in [3.63, 3.8) is 0 Å². The molecule has 4 nitrogen and oxygen atoms in total. The maximum atomic E-state index is 13.1. The molecule has 0 atom stereocenters. The minimum Gasteiger partial charge on any atom is -0.456 e. The molecule has 0 bridgehead atoms. The second-order valence-electron chi connectivity index (χ2n) is 7.50. The summed E-state index contributed by atoms with van der Waals surface area (Å²) in [5.74, 6) is 0.0520. The van der Waals surface area contributed by atoms with E-state index in [0.717, 1.165) is 10.9 Å². The van der Waals surface area contributed by atoms with Crippen LogP contribution in [0.3, 0.4) is 0 Å². The largest absolute Gasteiger partial charge is 0.456 e. The van der Waals surface area contributed by atoms with E-state index in [0.29, 0.717) is 33.2 Å². The molecule has 1 aromatic heterocycles. The number of carbonyl (C=O) groups excluding carboxylic acids is 1. The number of ether oxygens (including phenoxy) is 1. The van der Waals surface area contributed by atoms with Gasteiger partial charge in [0.1, 0.15) is 22.9 Å². The van der Waals surface area contributed by atoms with Gasteiger partial charge in [0.15, 0.2) is 0 Å². The Morgan fingerprint density at radius 1 is 0.853 bits per heavy atom. The molecular weight excluding hydrogens is 453 g/mol. The summed E-state index contributed by atoms with van der Waals surface area (Å²) in [6.45, 7) is 0. The van der Waals surface area contributed by atoms with E-state index in [2.05, 4.69) is 0 Å². The first-order valence-corrected chi connectivity index (χ1v) is 10.8. The molecule has 0 aliphatic carbocycles.